The Labute approximate surface area is 131 Å². The number of aryl methyl sites for hydroxylation is 1. The lowest BCUT2D eigenvalue weighted by Gasteiger charge is -2.36. The van der Waals surface area contributed by atoms with Crippen LogP contribution in [0, 0.1) is 6.92 Å². The maximum absolute atomic E-state index is 5.99. The average Bonchev–Trinajstić information content (AvgIpc) is 2.74. The van der Waals surface area contributed by atoms with Gasteiger partial charge >= 0.3 is 0 Å². The number of piperazine rings is 1. The van der Waals surface area contributed by atoms with Crippen LogP contribution in [0.2, 0.25) is 0 Å². The van der Waals surface area contributed by atoms with Crippen LogP contribution in [0.25, 0.3) is 11.1 Å². The van der Waals surface area contributed by atoms with E-state index in [4.69, 9.17) is 4.74 Å². The zero-order valence-corrected chi connectivity index (χ0v) is 13.0. The van der Waals surface area contributed by atoms with Crippen molar-refractivity contribution in [3.63, 3.8) is 0 Å². The van der Waals surface area contributed by atoms with Crippen molar-refractivity contribution < 1.29 is 4.74 Å². The lowest BCUT2D eigenvalue weighted by Crippen LogP contribution is -2.51. The van der Waals surface area contributed by atoms with Crippen molar-refractivity contribution in [2.75, 3.05) is 31.1 Å². The molecule has 0 aliphatic carbocycles. The van der Waals surface area contributed by atoms with Crippen LogP contribution in [0.15, 0.2) is 42.5 Å². The first kappa shape index (κ1) is 13.6. The van der Waals surface area contributed by atoms with Gasteiger partial charge in [-0.1, -0.05) is 30.3 Å². The number of benzene rings is 2. The second-order valence-electron chi connectivity index (χ2n) is 6.19. The summed E-state index contributed by atoms with van der Waals surface area (Å²) >= 11 is 0. The number of fused-ring (bicyclic) bond motifs is 3. The van der Waals surface area contributed by atoms with Gasteiger partial charge in [0, 0.05) is 32.1 Å². The summed E-state index contributed by atoms with van der Waals surface area (Å²) in [6, 6.07) is 15.7. The molecule has 2 aliphatic heterocycles. The highest BCUT2D eigenvalue weighted by Crippen LogP contribution is 2.37. The summed E-state index contributed by atoms with van der Waals surface area (Å²) in [5, 5.41) is 3.50. The minimum Gasteiger partial charge on any atom is -0.491 e. The minimum atomic E-state index is 0.544. The van der Waals surface area contributed by atoms with Crippen molar-refractivity contribution in [2.45, 2.75) is 19.4 Å². The zero-order valence-electron chi connectivity index (χ0n) is 13.0. The molecule has 0 aromatic heterocycles. The molecule has 0 spiro atoms. The SMILES string of the molecule is Cc1ccccc1-c1ccc2c(c1)N1CCNC[C@@H]1CCO2. The molecular weight excluding hydrogens is 272 g/mol. The van der Waals surface area contributed by atoms with E-state index in [2.05, 4.69) is 59.6 Å². The van der Waals surface area contributed by atoms with E-state index in [0.29, 0.717) is 6.04 Å². The fourth-order valence-corrected chi connectivity index (χ4v) is 3.57. The number of nitrogens with zero attached hydrogens (tertiary/aromatic N) is 1. The average molecular weight is 294 g/mol. The van der Waals surface area contributed by atoms with E-state index in [9.17, 15) is 0 Å². The normalized spacial score (nSPS) is 20.6. The standard InChI is InChI=1S/C19H22N2O/c1-14-4-2-3-5-17(14)15-6-7-19-18(12-15)21-10-9-20-13-16(21)8-11-22-19/h2-7,12,16,20H,8-11,13H2,1H3/t16-/m0/s1. The maximum Gasteiger partial charge on any atom is 0.142 e. The Hall–Kier alpha value is -2.00. The lowest BCUT2D eigenvalue weighted by atomic mass is 9.99. The number of ether oxygens (including phenoxy) is 1. The van der Waals surface area contributed by atoms with Crippen LogP contribution in [0.3, 0.4) is 0 Å². The molecule has 0 unspecified atom stereocenters. The number of nitrogens with one attached hydrogen (secondary N) is 1. The van der Waals surface area contributed by atoms with Gasteiger partial charge in [0.2, 0.25) is 0 Å². The molecule has 1 saturated heterocycles. The van der Waals surface area contributed by atoms with Crippen LogP contribution in [0.4, 0.5) is 5.69 Å². The quantitative estimate of drug-likeness (QED) is 0.874. The maximum atomic E-state index is 5.99. The topological polar surface area (TPSA) is 24.5 Å². The molecule has 1 fully saturated rings. The molecule has 1 N–H and O–H groups in total. The van der Waals surface area contributed by atoms with Crippen LogP contribution >= 0.6 is 0 Å². The second kappa shape index (κ2) is 5.65. The van der Waals surface area contributed by atoms with Crippen molar-refractivity contribution in [2.24, 2.45) is 0 Å². The van der Waals surface area contributed by atoms with Gasteiger partial charge in [-0.05, 0) is 35.7 Å². The predicted octanol–water partition coefficient (Wildman–Crippen LogP) is 3.22. The summed E-state index contributed by atoms with van der Waals surface area (Å²) in [5.74, 6) is 1.03. The Morgan fingerprint density at radius 3 is 3.00 bits per heavy atom. The second-order valence-corrected chi connectivity index (χ2v) is 6.19. The lowest BCUT2D eigenvalue weighted by molar-refractivity contribution is 0.304. The van der Waals surface area contributed by atoms with Crippen LogP contribution < -0.4 is 15.0 Å². The van der Waals surface area contributed by atoms with Gasteiger partial charge in [-0.15, -0.1) is 0 Å². The third-order valence-corrected chi connectivity index (χ3v) is 4.78. The highest BCUT2D eigenvalue weighted by atomic mass is 16.5. The molecule has 3 heteroatoms. The summed E-state index contributed by atoms with van der Waals surface area (Å²) < 4.78 is 5.99. The molecule has 0 amide bonds. The van der Waals surface area contributed by atoms with E-state index in [1.165, 1.54) is 22.4 Å². The molecule has 2 heterocycles. The summed E-state index contributed by atoms with van der Waals surface area (Å²) in [4.78, 5) is 2.53. The van der Waals surface area contributed by atoms with Gasteiger partial charge < -0.3 is 15.0 Å². The molecule has 2 aliphatic rings. The van der Waals surface area contributed by atoms with Crippen molar-refractivity contribution in [3.8, 4) is 16.9 Å². The summed E-state index contributed by atoms with van der Waals surface area (Å²) in [7, 11) is 0. The van der Waals surface area contributed by atoms with Gasteiger partial charge in [-0.25, -0.2) is 0 Å². The van der Waals surface area contributed by atoms with Crippen LogP contribution in [0.5, 0.6) is 5.75 Å². The van der Waals surface area contributed by atoms with Crippen molar-refractivity contribution in [1.82, 2.24) is 5.32 Å². The zero-order chi connectivity index (χ0) is 14.9. The molecule has 0 saturated carbocycles. The Kier molecular flexibility index (Phi) is 3.51. The molecule has 114 valence electrons. The number of rotatable bonds is 1. The highest BCUT2D eigenvalue weighted by molar-refractivity contribution is 5.75. The summed E-state index contributed by atoms with van der Waals surface area (Å²) in [6.45, 7) is 6.13. The Bertz CT molecular complexity index is 683. The molecule has 0 bridgehead atoms. The van der Waals surface area contributed by atoms with Gasteiger partial charge in [-0.2, -0.15) is 0 Å². The van der Waals surface area contributed by atoms with Gasteiger partial charge in [0.1, 0.15) is 5.75 Å². The van der Waals surface area contributed by atoms with Gasteiger partial charge in [0.25, 0.3) is 0 Å². The Morgan fingerprint density at radius 2 is 2.09 bits per heavy atom. The van der Waals surface area contributed by atoms with E-state index in [1.807, 2.05) is 0 Å². The monoisotopic (exact) mass is 294 g/mol. The number of anilines is 1. The van der Waals surface area contributed by atoms with Gasteiger partial charge in [0.05, 0.1) is 12.3 Å². The van der Waals surface area contributed by atoms with Crippen molar-refractivity contribution in [1.29, 1.82) is 0 Å². The molecule has 0 radical (unpaired) electrons. The molecule has 2 aromatic rings. The van der Waals surface area contributed by atoms with E-state index >= 15 is 0 Å². The molecule has 22 heavy (non-hydrogen) atoms. The van der Waals surface area contributed by atoms with E-state index in [-0.39, 0.29) is 0 Å². The first-order chi connectivity index (χ1) is 10.8. The van der Waals surface area contributed by atoms with Crippen LogP contribution in [-0.4, -0.2) is 32.3 Å². The number of hydrogen-bond donors (Lipinski definition) is 1. The van der Waals surface area contributed by atoms with Gasteiger partial charge in [-0.3, -0.25) is 0 Å². The summed E-state index contributed by atoms with van der Waals surface area (Å²) in [6.07, 6.45) is 1.08. The highest BCUT2D eigenvalue weighted by Gasteiger charge is 2.27. The molecule has 4 rings (SSSR count). The smallest absolute Gasteiger partial charge is 0.142 e. The Balaban J connectivity index is 1.79. The molecular formula is C19H22N2O. The fourth-order valence-electron chi connectivity index (χ4n) is 3.57. The Morgan fingerprint density at radius 1 is 1.18 bits per heavy atom. The largest absolute Gasteiger partial charge is 0.491 e. The van der Waals surface area contributed by atoms with E-state index in [0.717, 1.165) is 38.4 Å². The van der Waals surface area contributed by atoms with Crippen molar-refractivity contribution in [3.05, 3.63) is 48.0 Å². The van der Waals surface area contributed by atoms with E-state index in [1.54, 1.807) is 0 Å². The first-order valence-electron chi connectivity index (χ1n) is 8.13. The fraction of sp³-hybridized carbons (Fsp3) is 0.368. The van der Waals surface area contributed by atoms with Crippen LogP contribution in [-0.2, 0) is 0 Å². The van der Waals surface area contributed by atoms with Gasteiger partial charge in [0.15, 0.2) is 0 Å². The third kappa shape index (κ3) is 2.35. The van der Waals surface area contributed by atoms with Crippen LogP contribution in [0.1, 0.15) is 12.0 Å². The minimum absolute atomic E-state index is 0.544. The van der Waals surface area contributed by atoms with E-state index < -0.39 is 0 Å². The predicted molar refractivity (Wildman–Crippen MR) is 90.7 cm³/mol. The molecule has 2 aromatic carbocycles. The molecule has 3 nitrogen and oxygen atoms in total. The third-order valence-electron chi connectivity index (χ3n) is 4.78. The number of hydrogen-bond acceptors (Lipinski definition) is 3. The molecule has 1 atom stereocenters. The summed E-state index contributed by atoms with van der Waals surface area (Å²) in [5.41, 5.74) is 5.15. The van der Waals surface area contributed by atoms with Crippen molar-refractivity contribution >= 4 is 5.69 Å². The first-order valence-corrected chi connectivity index (χ1v) is 8.13.